The Labute approximate surface area is 797 Å². The van der Waals surface area contributed by atoms with E-state index in [4.69, 9.17) is 28.7 Å². The van der Waals surface area contributed by atoms with E-state index in [9.17, 15) is 107 Å². The van der Waals surface area contributed by atoms with Crippen molar-refractivity contribution in [3.8, 4) is 0 Å². The van der Waals surface area contributed by atoms with Crippen molar-refractivity contribution >= 4 is 106 Å². The van der Waals surface area contributed by atoms with E-state index in [-0.39, 0.29) is 157 Å². The third-order valence-electron chi connectivity index (χ3n) is 22.1. The number of hydrogen-bond acceptors (Lipinski definition) is 25. The number of nitrogens with one attached hydrogen (secondary N) is 16. The molecule has 0 aliphatic carbocycles. The van der Waals surface area contributed by atoms with Gasteiger partial charge in [0.05, 0.1) is 18.8 Å². The summed E-state index contributed by atoms with van der Waals surface area (Å²) in [6, 6.07) is -22.7. The molecule has 44 nitrogen and oxygen atoms in total. The molecule has 776 valence electrons. The summed E-state index contributed by atoms with van der Waals surface area (Å²) in [6.07, 6.45) is -2.63. The van der Waals surface area contributed by atoms with Gasteiger partial charge in [0, 0.05) is 6.54 Å². The Morgan fingerprint density at radius 2 is 0.504 bits per heavy atom. The van der Waals surface area contributed by atoms with Gasteiger partial charge in [0.15, 0.2) is 12.1 Å². The van der Waals surface area contributed by atoms with E-state index in [0.717, 1.165) is 0 Å². The van der Waals surface area contributed by atoms with Gasteiger partial charge in [-0.25, -0.2) is 4.79 Å². The molecule has 0 aliphatic heterocycles. The first-order valence-electron chi connectivity index (χ1n) is 47.9. The van der Waals surface area contributed by atoms with Crippen molar-refractivity contribution in [2.24, 2.45) is 86.9 Å². The summed E-state index contributed by atoms with van der Waals surface area (Å²) in [7, 11) is 0. The molecule has 0 aromatic heterocycles. The average Bonchev–Trinajstić information content (AvgIpc) is 0.852. The summed E-state index contributed by atoms with van der Waals surface area (Å²) in [5, 5.41) is 93.3. The van der Waals surface area contributed by atoms with Crippen LogP contribution >= 0.6 is 0 Å². The van der Waals surface area contributed by atoms with Gasteiger partial charge in [0.1, 0.15) is 96.7 Å². The number of aliphatic hydroxyl groups is 4. The topological polar surface area (TPSA) is 726 Å². The Morgan fingerprint density at radius 3 is 0.778 bits per heavy atom. The van der Waals surface area contributed by atoms with Gasteiger partial charge in [0.25, 0.3) is 5.91 Å². The van der Waals surface area contributed by atoms with Crippen LogP contribution in [-0.4, -0.2) is 280 Å². The number of nitrogens with zero attached hydrogens (tertiary/aromatic N) is 1. The van der Waals surface area contributed by atoms with E-state index in [1.165, 1.54) is 20.8 Å². The number of carboxylic acid groups (broad SMARTS) is 1. The minimum atomic E-state index is -1.81. The summed E-state index contributed by atoms with van der Waals surface area (Å²) >= 11 is 0. The molecule has 16 amide bonds. The molecule has 0 rings (SSSR count). The van der Waals surface area contributed by atoms with Crippen molar-refractivity contribution in [1.29, 1.82) is 0 Å². The van der Waals surface area contributed by atoms with Crippen molar-refractivity contribution in [2.75, 3.05) is 32.8 Å². The van der Waals surface area contributed by atoms with Crippen molar-refractivity contribution in [3.63, 3.8) is 0 Å². The van der Waals surface area contributed by atoms with Crippen LogP contribution < -0.4 is 114 Å². The average molecular weight is 1920 g/mol. The number of hydrogen-bond donors (Lipinski definition) is 26. The number of carboxylic acids is 1. The Hall–Kier alpha value is -10.0. The zero-order chi connectivity index (χ0) is 104. The SMILES string of the molecule is CC[C@H](C)[C@H](NC(=O)[C@@H](CC(C)C)NC(=O)[C@H](CC(C)C)NC(=O)[C@@H](C)NC(=O)[C@H](CC(C)C)NC(=O)[C@@H](O)CO)C(=O)N[C@H](CCCN=C(N)N)C(=O)N[C@H](CC(C)C)C(=O)N[C@@H](CC(C)C)C(=O)N[C@@H](C(=O)N[C@H](CCCCN)C(=O)N[C@@H](CC(C)C)C(=O)N[C@H](C(=O)N[C@H](CC(C)C)C(=O)N[C@H](C(=O)N[C@H](CCCCN)C(=O)N[C@@H](CCCCN)C(=O)O)[C@H](C)O)[C@H](C)O)C(C)C. The standard InChI is InChI=1S/C91H170N22O22/c1-22-54(18)71(111-82(126)66(42-50(10)11)107-79(123)63(39-47(4)5)103-74(118)55(19)98-78(122)62(38-46(2)3)108-85(129)69(117)45-114)87(131)100-60(33-29-37-97-91(95)96)77(121)104-64(40-48(6)7)80(124)106-65(41-49(8)9)81(125)110-70(53(16)17)86(130)99-59(31-24-27-35-93)76(120)105-67(43-51(12)13)83(127)113-73(57(21)116)89(133)109-68(44-52(14)15)84(128)112-72(56(20)115)88(132)101-58(30-23-26-34-92)75(119)102-61(90(134)135)32-25-28-36-94/h46-73,114-117H,22-45,92-94H2,1-21H3,(H,98,122)(H,99,130)(H,100,131)(H,101,132)(H,102,119)(H,103,118)(H,104,121)(H,105,120)(H,106,124)(H,107,123)(H,108,129)(H,109,133)(H,110,125)(H,111,126)(H,112,128)(H,113,127)(H,134,135)(H4,95,96,97)/t54-,55+,56-,57-,58+,59+,60+,61-,62-,63-,64+,65-,66+,67-,68+,69-,70+,71-,72-,73-/m0/s1. The highest BCUT2D eigenvalue weighted by atomic mass is 16.4. The van der Waals surface area contributed by atoms with Crippen LogP contribution in [0.15, 0.2) is 4.99 Å². The molecule has 0 saturated carbocycles. The van der Waals surface area contributed by atoms with Crippen LogP contribution in [0.4, 0.5) is 0 Å². The lowest BCUT2D eigenvalue weighted by molar-refractivity contribution is -0.142. The number of carbonyl (C=O) groups is 17. The number of rotatable bonds is 69. The van der Waals surface area contributed by atoms with Crippen LogP contribution in [0.1, 0.15) is 267 Å². The monoisotopic (exact) mass is 1920 g/mol. The van der Waals surface area contributed by atoms with E-state index in [1.54, 1.807) is 125 Å². The highest BCUT2D eigenvalue weighted by Gasteiger charge is 2.42. The van der Waals surface area contributed by atoms with E-state index in [0.29, 0.717) is 38.5 Å². The maximum Gasteiger partial charge on any atom is 0.326 e. The van der Waals surface area contributed by atoms with Gasteiger partial charge in [-0.3, -0.25) is 81.7 Å². The van der Waals surface area contributed by atoms with Crippen LogP contribution in [0.25, 0.3) is 0 Å². The largest absolute Gasteiger partial charge is 0.480 e. The van der Waals surface area contributed by atoms with Crippen molar-refractivity contribution in [2.45, 2.75) is 382 Å². The second-order valence-corrected chi connectivity index (χ2v) is 38.7. The second kappa shape index (κ2) is 65.7. The lowest BCUT2D eigenvalue weighted by atomic mass is 9.95. The van der Waals surface area contributed by atoms with Gasteiger partial charge in [-0.05, 0) is 209 Å². The number of guanidine groups is 1. The smallest absolute Gasteiger partial charge is 0.326 e. The number of nitrogens with two attached hydrogens (primary N) is 5. The Morgan fingerprint density at radius 1 is 0.274 bits per heavy atom. The van der Waals surface area contributed by atoms with Gasteiger partial charge in [-0.2, -0.15) is 0 Å². The zero-order valence-corrected chi connectivity index (χ0v) is 83.6. The summed E-state index contributed by atoms with van der Waals surface area (Å²) in [5.41, 5.74) is 28.5. The molecule has 44 heteroatoms. The van der Waals surface area contributed by atoms with E-state index < -0.39 is 234 Å². The maximum absolute atomic E-state index is 14.9. The minimum absolute atomic E-state index is 0.00665. The predicted molar refractivity (Wildman–Crippen MR) is 510 cm³/mol. The molecule has 0 unspecified atom stereocenters. The van der Waals surface area contributed by atoms with Crippen molar-refractivity contribution in [3.05, 3.63) is 0 Å². The predicted octanol–water partition coefficient (Wildman–Crippen LogP) is -2.57. The highest BCUT2D eigenvalue weighted by Crippen LogP contribution is 2.20. The number of carbonyl (C=O) groups excluding carboxylic acids is 16. The molecule has 0 heterocycles. The molecule has 0 aliphatic rings. The highest BCUT2D eigenvalue weighted by molar-refractivity contribution is 6.01. The van der Waals surface area contributed by atoms with Gasteiger partial charge in [-0.15, -0.1) is 0 Å². The minimum Gasteiger partial charge on any atom is -0.480 e. The third-order valence-corrected chi connectivity index (χ3v) is 22.1. The van der Waals surface area contributed by atoms with Crippen molar-refractivity contribution < 1.29 is 107 Å². The fourth-order valence-electron chi connectivity index (χ4n) is 14.5. The quantitative estimate of drug-likeness (QED) is 0.0169. The Bertz CT molecular complexity index is 3750. The summed E-state index contributed by atoms with van der Waals surface area (Å²) < 4.78 is 0. The van der Waals surface area contributed by atoms with Crippen LogP contribution in [-0.2, 0) is 81.5 Å². The maximum atomic E-state index is 14.9. The molecule has 0 saturated heterocycles. The first kappa shape index (κ1) is 125. The number of amides is 16. The van der Waals surface area contributed by atoms with Crippen LogP contribution in [0, 0.1) is 53.3 Å². The molecule has 0 aromatic rings. The van der Waals surface area contributed by atoms with Gasteiger partial charge in [-0.1, -0.05) is 131 Å². The molecule has 0 fully saturated rings. The number of aliphatic carboxylic acids is 1. The van der Waals surface area contributed by atoms with E-state index in [1.807, 2.05) is 0 Å². The van der Waals surface area contributed by atoms with Crippen molar-refractivity contribution in [1.82, 2.24) is 85.1 Å². The third kappa shape index (κ3) is 50.1. The summed E-state index contributed by atoms with van der Waals surface area (Å²) in [5.74, 6) is -19.0. The van der Waals surface area contributed by atoms with Gasteiger partial charge >= 0.3 is 5.97 Å². The number of aliphatic imine (C=N–C) groups is 1. The molecule has 0 radical (unpaired) electrons. The molecular formula is C91H170N22O22. The Kier molecular flexibility index (Phi) is 60.8. The molecule has 0 spiro atoms. The molecule has 0 bridgehead atoms. The molecular weight excluding hydrogens is 1750 g/mol. The molecule has 0 aromatic carbocycles. The normalized spacial score (nSPS) is 16.1. The summed E-state index contributed by atoms with van der Waals surface area (Å²) in [6.45, 7) is 34.9. The lowest BCUT2D eigenvalue weighted by Gasteiger charge is -2.31. The first-order valence-corrected chi connectivity index (χ1v) is 47.9. The number of unbranched alkanes of at least 4 members (excludes halogenated alkanes) is 3. The Balaban J connectivity index is 7.34. The first-order chi connectivity index (χ1) is 63.0. The fourth-order valence-corrected chi connectivity index (χ4v) is 14.5. The second-order valence-electron chi connectivity index (χ2n) is 38.7. The number of aliphatic hydroxyl groups excluding tert-OH is 4. The van der Waals surface area contributed by atoms with Crippen LogP contribution in [0.5, 0.6) is 0 Å². The van der Waals surface area contributed by atoms with Crippen LogP contribution in [0.3, 0.4) is 0 Å². The van der Waals surface area contributed by atoms with E-state index in [2.05, 4.69) is 90.1 Å². The van der Waals surface area contributed by atoms with E-state index >= 15 is 0 Å². The molecule has 135 heavy (non-hydrogen) atoms. The zero-order valence-electron chi connectivity index (χ0n) is 83.6. The van der Waals surface area contributed by atoms with Gasteiger partial charge in [0.2, 0.25) is 88.6 Å². The molecule has 31 N–H and O–H groups in total. The summed E-state index contributed by atoms with van der Waals surface area (Å²) in [4.78, 5) is 245. The lowest BCUT2D eigenvalue weighted by Crippen LogP contribution is -2.63. The van der Waals surface area contributed by atoms with Crippen LogP contribution in [0.2, 0.25) is 0 Å². The van der Waals surface area contributed by atoms with Gasteiger partial charge < -0.3 is 139 Å². The fraction of sp³-hybridized carbons (Fsp3) is 0.802. The molecule has 20 atom stereocenters.